The van der Waals surface area contributed by atoms with Gasteiger partial charge in [-0.3, -0.25) is 4.55 Å². The molecule has 102 valence electrons. The van der Waals surface area contributed by atoms with Gasteiger partial charge in [-0.05, 0) is 30.5 Å². The van der Waals surface area contributed by atoms with E-state index in [-0.39, 0.29) is 6.42 Å². The van der Waals surface area contributed by atoms with Crippen molar-refractivity contribution >= 4 is 10.1 Å². The van der Waals surface area contributed by atoms with Crippen LogP contribution in [0.3, 0.4) is 0 Å². The molecule has 1 aromatic carbocycles. The molecule has 0 aliphatic heterocycles. The Labute approximate surface area is 107 Å². The van der Waals surface area contributed by atoms with Crippen molar-refractivity contribution in [2.75, 3.05) is 14.2 Å². The van der Waals surface area contributed by atoms with Gasteiger partial charge >= 0.3 is 0 Å². The molecule has 1 N–H and O–H groups in total. The fraction of sp³-hybridized carbons (Fsp3) is 0.500. The zero-order valence-electron chi connectivity index (χ0n) is 10.7. The van der Waals surface area contributed by atoms with Gasteiger partial charge in [-0.25, -0.2) is 0 Å². The van der Waals surface area contributed by atoms with E-state index in [1.54, 1.807) is 25.1 Å². The lowest BCUT2D eigenvalue weighted by Crippen LogP contribution is -2.22. The summed E-state index contributed by atoms with van der Waals surface area (Å²) in [5.74, 6) is 1.13. The average Bonchev–Trinajstić information content (AvgIpc) is 2.34. The van der Waals surface area contributed by atoms with Crippen LogP contribution in [-0.4, -0.2) is 32.4 Å². The predicted octanol–water partition coefficient (Wildman–Crippen LogP) is 1.91. The first-order chi connectivity index (χ1) is 8.42. The van der Waals surface area contributed by atoms with Gasteiger partial charge in [0.2, 0.25) is 0 Å². The number of hydrogen-bond acceptors (Lipinski definition) is 4. The molecule has 5 nitrogen and oxygen atoms in total. The predicted molar refractivity (Wildman–Crippen MR) is 68.9 cm³/mol. The third kappa shape index (κ3) is 3.61. The van der Waals surface area contributed by atoms with Gasteiger partial charge in [-0.2, -0.15) is 8.42 Å². The molecule has 0 aromatic heterocycles. The largest absolute Gasteiger partial charge is 0.493 e. The monoisotopic (exact) mass is 274 g/mol. The van der Waals surface area contributed by atoms with E-state index in [0.29, 0.717) is 17.9 Å². The van der Waals surface area contributed by atoms with E-state index in [2.05, 4.69) is 0 Å². The van der Waals surface area contributed by atoms with Crippen molar-refractivity contribution in [1.29, 1.82) is 0 Å². The van der Waals surface area contributed by atoms with Crippen molar-refractivity contribution in [2.24, 2.45) is 0 Å². The third-order valence-electron chi connectivity index (χ3n) is 2.79. The minimum atomic E-state index is -4.02. The van der Waals surface area contributed by atoms with Crippen LogP contribution in [0.5, 0.6) is 11.5 Å². The summed E-state index contributed by atoms with van der Waals surface area (Å²) in [6.07, 6.45) is 0.600. The normalized spacial score (nSPS) is 13.1. The van der Waals surface area contributed by atoms with Gasteiger partial charge in [0.05, 0.1) is 19.5 Å². The van der Waals surface area contributed by atoms with Gasteiger partial charge in [-0.15, -0.1) is 0 Å². The molecule has 0 amide bonds. The fourth-order valence-corrected chi connectivity index (χ4v) is 2.56. The van der Waals surface area contributed by atoms with Crippen LogP contribution in [-0.2, 0) is 16.5 Å². The molecule has 1 unspecified atom stereocenters. The molecule has 0 spiro atoms. The molecule has 0 saturated heterocycles. The van der Waals surface area contributed by atoms with Crippen molar-refractivity contribution in [3.05, 3.63) is 23.8 Å². The van der Waals surface area contributed by atoms with E-state index < -0.39 is 15.4 Å². The van der Waals surface area contributed by atoms with Gasteiger partial charge in [0.25, 0.3) is 10.1 Å². The van der Waals surface area contributed by atoms with Crippen molar-refractivity contribution in [3.63, 3.8) is 0 Å². The zero-order chi connectivity index (χ0) is 13.8. The van der Waals surface area contributed by atoms with Gasteiger partial charge in [0.1, 0.15) is 0 Å². The molecule has 0 fully saturated rings. The minimum Gasteiger partial charge on any atom is -0.493 e. The maximum atomic E-state index is 11.1. The number of benzene rings is 1. The lowest BCUT2D eigenvalue weighted by molar-refractivity contribution is 0.354. The van der Waals surface area contributed by atoms with Crippen LogP contribution < -0.4 is 9.47 Å². The lowest BCUT2D eigenvalue weighted by atomic mass is 10.1. The SMILES string of the molecule is CCC(Cc1ccc(OC)c(OC)c1)S(=O)(=O)O. The topological polar surface area (TPSA) is 72.8 Å². The number of ether oxygens (including phenoxy) is 2. The Bertz CT molecular complexity index is 495. The molecule has 0 aliphatic carbocycles. The Balaban J connectivity index is 2.98. The van der Waals surface area contributed by atoms with Crippen LogP contribution in [0, 0.1) is 0 Å². The Hall–Kier alpha value is -1.27. The Kier molecular flexibility index (Phi) is 4.98. The molecular formula is C12H18O5S. The van der Waals surface area contributed by atoms with Gasteiger partial charge in [0, 0.05) is 0 Å². The molecule has 0 aliphatic rings. The molecule has 0 radical (unpaired) electrons. The van der Waals surface area contributed by atoms with Crippen LogP contribution in [0.1, 0.15) is 18.9 Å². The highest BCUT2D eigenvalue weighted by atomic mass is 32.2. The quantitative estimate of drug-likeness (QED) is 0.802. The summed E-state index contributed by atoms with van der Waals surface area (Å²) in [5, 5.41) is -0.796. The maximum absolute atomic E-state index is 11.1. The standard InChI is InChI=1S/C12H18O5S/c1-4-10(18(13,14)15)7-9-5-6-11(16-2)12(8-9)17-3/h5-6,8,10H,4,7H2,1-3H3,(H,13,14,15). The summed E-state index contributed by atoms with van der Waals surface area (Å²) in [7, 11) is -0.973. The summed E-state index contributed by atoms with van der Waals surface area (Å²) in [5.41, 5.74) is 0.775. The fourth-order valence-electron chi connectivity index (χ4n) is 1.73. The van der Waals surface area contributed by atoms with Crippen molar-refractivity contribution < 1.29 is 22.4 Å². The first kappa shape index (κ1) is 14.8. The van der Waals surface area contributed by atoms with E-state index in [9.17, 15) is 8.42 Å². The van der Waals surface area contributed by atoms with E-state index in [1.807, 2.05) is 0 Å². The number of hydrogen-bond donors (Lipinski definition) is 1. The number of rotatable bonds is 6. The Morgan fingerprint density at radius 2 is 1.83 bits per heavy atom. The highest BCUT2D eigenvalue weighted by Crippen LogP contribution is 2.28. The molecule has 1 rings (SSSR count). The van der Waals surface area contributed by atoms with Gasteiger partial charge in [0.15, 0.2) is 11.5 Å². The molecule has 6 heteroatoms. The van der Waals surface area contributed by atoms with Crippen LogP contribution in [0.25, 0.3) is 0 Å². The molecule has 0 saturated carbocycles. The smallest absolute Gasteiger partial charge is 0.268 e. The molecular weight excluding hydrogens is 256 g/mol. The van der Waals surface area contributed by atoms with E-state index in [4.69, 9.17) is 14.0 Å². The summed E-state index contributed by atoms with van der Waals surface area (Å²) < 4.78 is 41.6. The highest BCUT2D eigenvalue weighted by Gasteiger charge is 2.21. The van der Waals surface area contributed by atoms with Crippen LogP contribution in [0.15, 0.2) is 18.2 Å². The summed E-state index contributed by atoms with van der Waals surface area (Å²) in [6.45, 7) is 1.72. The second kappa shape index (κ2) is 6.06. The summed E-state index contributed by atoms with van der Waals surface area (Å²) in [6, 6.07) is 5.19. The number of methoxy groups -OCH3 is 2. The van der Waals surface area contributed by atoms with Crippen molar-refractivity contribution in [3.8, 4) is 11.5 Å². The molecule has 0 heterocycles. The summed E-state index contributed by atoms with van der Waals surface area (Å²) in [4.78, 5) is 0. The van der Waals surface area contributed by atoms with Crippen LogP contribution in [0.4, 0.5) is 0 Å². The Morgan fingerprint density at radius 3 is 2.28 bits per heavy atom. The summed E-state index contributed by atoms with van der Waals surface area (Å²) >= 11 is 0. The molecule has 1 atom stereocenters. The van der Waals surface area contributed by atoms with E-state index >= 15 is 0 Å². The molecule has 18 heavy (non-hydrogen) atoms. The zero-order valence-corrected chi connectivity index (χ0v) is 11.5. The molecule has 1 aromatic rings. The second-order valence-electron chi connectivity index (χ2n) is 3.94. The van der Waals surface area contributed by atoms with E-state index in [1.165, 1.54) is 14.2 Å². The maximum Gasteiger partial charge on any atom is 0.268 e. The third-order valence-corrected chi connectivity index (χ3v) is 4.13. The first-order valence-corrected chi connectivity index (χ1v) is 7.09. The average molecular weight is 274 g/mol. The lowest BCUT2D eigenvalue weighted by Gasteiger charge is -2.13. The van der Waals surface area contributed by atoms with Crippen LogP contribution >= 0.6 is 0 Å². The molecule has 0 bridgehead atoms. The Morgan fingerprint density at radius 1 is 1.22 bits per heavy atom. The highest BCUT2D eigenvalue weighted by molar-refractivity contribution is 7.86. The second-order valence-corrected chi connectivity index (χ2v) is 5.64. The van der Waals surface area contributed by atoms with Crippen molar-refractivity contribution in [2.45, 2.75) is 25.0 Å². The van der Waals surface area contributed by atoms with Gasteiger partial charge in [-0.1, -0.05) is 13.0 Å². The first-order valence-electron chi connectivity index (χ1n) is 5.59. The van der Waals surface area contributed by atoms with Crippen LogP contribution in [0.2, 0.25) is 0 Å². The van der Waals surface area contributed by atoms with Crippen molar-refractivity contribution in [1.82, 2.24) is 0 Å². The minimum absolute atomic E-state index is 0.246. The van der Waals surface area contributed by atoms with Gasteiger partial charge < -0.3 is 9.47 Å². The van der Waals surface area contributed by atoms with E-state index in [0.717, 1.165) is 5.56 Å².